The van der Waals surface area contributed by atoms with Gasteiger partial charge in [-0.15, -0.1) is 0 Å². The number of nitriles is 2. The number of hydrogen-bond donors (Lipinski definition) is 6. The normalized spacial score (nSPS) is 13.1. The largest absolute Gasteiger partial charge is 0.508 e. The van der Waals surface area contributed by atoms with Crippen molar-refractivity contribution < 1.29 is 57.8 Å². The second-order valence-corrected chi connectivity index (χ2v) is 34.4. The van der Waals surface area contributed by atoms with E-state index in [-0.39, 0.29) is 104 Å². The summed E-state index contributed by atoms with van der Waals surface area (Å²) in [5.41, 5.74) is 11.9. The molecule has 3 aliphatic carbocycles. The molecule has 2 atom stereocenters. The lowest BCUT2D eigenvalue weighted by atomic mass is 9.79. The Labute approximate surface area is 676 Å². The number of carboxylic acids is 2. The van der Waals surface area contributed by atoms with Crippen LogP contribution in [0.3, 0.4) is 0 Å². The third-order valence-electron chi connectivity index (χ3n) is 21.7. The van der Waals surface area contributed by atoms with E-state index < -0.39 is 34.9 Å². The molecule has 0 spiro atoms. The highest BCUT2D eigenvalue weighted by atomic mass is 16.5. The Morgan fingerprint density at radius 2 is 0.707 bits per heavy atom. The van der Waals surface area contributed by atoms with Crippen LogP contribution in [0, 0.1) is 22.7 Å². The van der Waals surface area contributed by atoms with Crippen molar-refractivity contribution in [3.63, 3.8) is 0 Å². The van der Waals surface area contributed by atoms with Gasteiger partial charge in [0.05, 0.1) is 47.6 Å². The first kappa shape index (κ1) is 81.8. The van der Waals surface area contributed by atoms with E-state index in [1.807, 2.05) is 0 Å². The van der Waals surface area contributed by atoms with E-state index in [1.54, 1.807) is 60.7 Å². The van der Waals surface area contributed by atoms with E-state index in [1.165, 1.54) is 48.5 Å². The number of benzene rings is 10. The van der Waals surface area contributed by atoms with Gasteiger partial charge < -0.3 is 48.2 Å². The van der Waals surface area contributed by atoms with Crippen LogP contribution in [0.15, 0.2) is 176 Å². The number of aromatic carboxylic acids is 2. The zero-order valence-corrected chi connectivity index (χ0v) is 68.4. The molecule has 116 heavy (non-hydrogen) atoms. The van der Waals surface area contributed by atoms with Crippen LogP contribution >= 0.6 is 0 Å². The number of ether oxygens (including phenoxy) is 4. The van der Waals surface area contributed by atoms with Crippen LogP contribution in [0.4, 0.5) is 0 Å². The van der Waals surface area contributed by atoms with E-state index in [0.717, 1.165) is 78.3 Å². The Morgan fingerprint density at radius 1 is 0.414 bits per heavy atom. The van der Waals surface area contributed by atoms with Gasteiger partial charge in [0.25, 0.3) is 0 Å². The number of aromatic hydroxyl groups is 2. The summed E-state index contributed by atoms with van der Waals surface area (Å²) in [5, 5.41) is 72.7. The number of rotatable bonds is 22. The second-order valence-electron chi connectivity index (χ2n) is 34.4. The molecule has 2 heterocycles. The van der Waals surface area contributed by atoms with Gasteiger partial charge in [0.2, 0.25) is 0 Å². The van der Waals surface area contributed by atoms with E-state index in [4.69, 9.17) is 27.8 Å². The lowest BCUT2D eigenvalue weighted by Gasteiger charge is -2.29. The van der Waals surface area contributed by atoms with Crippen molar-refractivity contribution in [3.8, 4) is 91.5 Å². The molecule has 0 saturated carbocycles. The predicted molar refractivity (Wildman–Crippen MR) is 453 cm³/mol. The van der Waals surface area contributed by atoms with Gasteiger partial charge in [-0.2, -0.15) is 10.5 Å². The minimum absolute atomic E-state index is 0.00456. The van der Waals surface area contributed by atoms with Gasteiger partial charge in [0.1, 0.15) is 82.5 Å². The van der Waals surface area contributed by atoms with Gasteiger partial charge in [-0.05, 0) is 173 Å². The van der Waals surface area contributed by atoms with Crippen LogP contribution < -0.4 is 40.4 Å². The number of carbonyl (C=O) groups is 2. The summed E-state index contributed by atoms with van der Waals surface area (Å²) in [6.45, 7) is 31.6. The number of nitrogens with one attached hydrogen (secondary N) is 2. The van der Waals surface area contributed by atoms with Crippen molar-refractivity contribution in [2.75, 3.05) is 39.5 Å². The fourth-order valence-corrected chi connectivity index (χ4v) is 15.7. The van der Waals surface area contributed by atoms with Crippen LogP contribution in [-0.4, -0.2) is 71.9 Å². The zero-order chi connectivity index (χ0) is 83.0. The van der Waals surface area contributed by atoms with Gasteiger partial charge >= 0.3 is 11.9 Å². The van der Waals surface area contributed by atoms with Gasteiger partial charge in [-0.25, -0.2) is 9.59 Å². The van der Waals surface area contributed by atoms with Gasteiger partial charge in [0.15, 0.2) is 10.9 Å². The number of phenolic OH excluding ortho intramolecular Hbond substituents is 2. The highest BCUT2D eigenvalue weighted by Crippen LogP contribution is 2.49. The van der Waals surface area contributed by atoms with E-state index in [0.29, 0.717) is 107 Å². The number of fused-ring (bicyclic) bond motifs is 12. The smallest absolute Gasteiger partial charge is 0.336 e. The third-order valence-corrected chi connectivity index (χ3v) is 21.7. The van der Waals surface area contributed by atoms with Crippen LogP contribution in [0.25, 0.3) is 66.8 Å². The molecular formula is C98H100N4O14. The highest BCUT2D eigenvalue weighted by molar-refractivity contribution is 6.09. The van der Waals surface area contributed by atoms with Crippen molar-refractivity contribution in [1.29, 1.82) is 10.5 Å². The molecule has 596 valence electrons. The number of nitrogens with zero attached hydrogens (tertiary/aromatic N) is 2. The van der Waals surface area contributed by atoms with Gasteiger partial charge in [0, 0.05) is 83.9 Å². The molecule has 6 N–H and O–H groups in total. The van der Waals surface area contributed by atoms with Crippen molar-refractivity contribution >= 4 is 33.9 Å². The maximum atomic E-state index is 14.4. The second kappa shape index (κ2) is 32.9. The lowest BCUT2D eigenvalue weighted by molar-refractivity contribution is 0.0687. The standard InChI is InChI=1S/C98H100N4O14/c1-15-35-111-87-55-39-59-47-65(97(9,10)11)49-61(89(59)113-37-33-101-77(53-99)85-79(105)31-29-75-83(69-21-17-19-23-71(69)93(107)108)73-27-25-67(103)51-81(73)115-91(75)85)41-57-45-64(96(6,7)8)46-58(88(57)112-36-16-2)42-62-50-66(98(12,13)14)48-60(40-56(87)44-63(43-55)95(3,4)5)90(62)114-38-34-102-78(54-100)86-80(106)32-30-76-84(70-22-18-20-24-72(70)94(109)110)74-28-26-68(104)52-82(74)116-92(76)86/h17-32,43-52,77-78,101-104H,15-16,33-42H2,1-14H3,(H,107,108)(H,109,110). The molecule has 2 aliphatic heterocycles. The summed E-state index contributed by atoms with van der Waals surface area (Å²) < 4.78 is 42.1. The molecule has 13 rings (SSSR count). The third kappa shape index (κ3) is 16.8. The molecule has 8 bridgehead atoms. The van der Waals surface area contributed by atoms with Crippen molar-refractivity contribution in [2.24, 2.45) is 0 Å². The van der Waals surface area contributed by atoms with Crippen LogP contribution in [0.2, 0.25) is 0 Å². The SMILES string of the molecule is CCCOc1c2cc(C(C)(C)C)cc1Cc1cc(C(C)(C)C)cc(c1OCCNC(C#N)c1c3oc4cc(O)ccc4c(-c4ccccc4C(=O)O)c-3ccc1=O)Cc1cc(C(C)(C)C)cc(c1OCCC)Cc1cc(C(C)(C)C)cc(c1OCCNC(C#N)c1c3oc4cc(O)ccc4c(-c4ccccc4C(=O)O)c-3ccc1=O)C2. The van der Waals surface area contributed by atoms with Gasteiger partial charge in [-0.3, -0.25) is 20.2 Å². The molecule has 0 fully saturated rings. The Balaban J connectivity index is 0.935. The summed E-state index contributed by atoms with van der Waals surface area (Å²) in [4.78, 5) is 54.5. The molecule has 8 aromatic carbocycles. The summed E-state index contributed by atoms with van der Waals surface area (Å²) >= 11 is 0. The topological polar surface area (TPSA) is 284 Å². The van der Waals surface area contributed by atoms with Gasteiger partial charge in [-0.1, -0.05) is 182 Å². The first-order chi connectivity index (χ1) is 55.2. The minimum Gasteiger partial charge on any atom is -0.508 e. The fourth-order valence-electron chi connectivity index (χ4n) is 15.7. The van der Waals surface area contributed by atoms with Crippen molar-refractivity contribution in [3.05, 3.63) is 267 Å². The summed E-state index contributed by atoms with van der Waals surface area (Å²) in [5.74, 6) is 0.269. The molecule has 0 radical (unpaired) electrons. The first-order valence-corrected chi connectivity index (χ1v) is 39.7. The molecule has 0 aromatic heterocycles. The summed E-state index contributed by atoms with van der Waals surface area (Å²) in [7, 11) is 0. The molecule has 18 heteroatoms. The van der Waals surface area contributed by atoms with E-state index >= 15 is 0 Å². The molecule has 8 aromatic rings. The molecule has 5 aliphatic rings. The molecule has 0 amide bonds. The maximum Gasteiger partial charge on any atom is 0.336 e. The van der Waals surface area contributed by atoms with Crippen LogP contribution in [0.1, 0.15) is 220 Å². The molecule has 2 unspecified atom stereocenters. The van der Waals surface area contributed by atoms with Crippen LogP contribution in [0.5, 0.6) is 34.5 Å². The Hall–Kier alpha value is -12.2. The minimum atomic E-state index is -1.26. The maximum absolute atomic E-state index is 14.4. The molecule has 18 nitrogen and oxygen atoms in total. The van der Waals surface area contributed by atoms with Crippen LogP contribution in [-0.2, 0) is 47.3 Å². The first-order valence-electron chi connectivity index (χ1n) is 39.7. The highest BCUT2D eigenvalue weighted by Gasteiger charge is 2.35. The monoisotopic (exact) mass is 1560 g/mol. The summed E-state index contributed by atoms with van der Waals surface area (Å²) in [6, 6.07) is 48.2. The summed E-state index contributed by atoms with van der Waals surface area (Å²) in [6.07, 6.45) is 2.82. The quantitative estimate of drug-likeness (QED) is 0.0272. The number of carboxylic acid groups (broad SMARTS) is 2. The number of hydrogen-bond acceptors (Lipinski definition) is 16. The average molecular weight is 1560 g/mol. The fraction of sp³-hybridized carbons (Fsp3) is 0.327. The Kier molecular flexibility index (Phi) is 23.2. The Bertz CT molecular complexity index is 5500. The zero-order valence-electron chi connectivity index (χ0n) is 68.4. The van der Waals surface area contributed by atoms with E-state index in [2.05, 4.69) is 168 Å². The average Bonchev–Trinajstić information content (AvgIpc) is 0.739. The van der Waals surface area contributed by atoms with E-state index in [9.17, 15) is 50.1 Å². The molecule has 0 saturated heterocycles. The Morgan fingerprint density at radius 3 is 0.983 bits per heavy atom. The number of phenols is 2. The molecular weight excluding hydrogens is 1460 g/mol. The van der Waals surface area contributed by atoms with Crippen molar-refractivity contribution in [2.45, 2.75) is 169 Å². The lowest BCUT2D eigenvalue weighted by Crippen LogP contribution is -2.30. The van der Waals surface area contributed by atoms with Crippen molar-refractivity contribution in [1.82, 2.24) is 10.6 Å². The predicted octanol–water partition coefficient (Wildman–Crippen LogP) is 20.2.